The molecule has 0 aliphatic heterocycles. The highest BCUT2D eigenvalue weighted by Gasteiger charge is 2.13. The number of hydrogen-bond acceptors (Lipinski definition) is 8. The van der Waals surface area contributed by atoms with E-state index >= 15 is 0 Å². The Kier molecular flexibility index (Phi) is 6.66. The normalized spacial score (nSPS) is 10.9. The van der Waals surface area contributed by atoms with Crippen molar-refractivity contribution in [2.45, 2.75) is 0 Å². The summed E-state index contributed by atoms with van der Waals surface area (Å²) in [6, 6.07) is 11.9. The van der Waals surface area contributed by atoms with Crippen molar-refractivity contribution in [1.82, 2.24) is 4.98 Å². The van der Waals surface area contributed by atoms with Gasteiger partial charge in [0.25, 0.3) is 5.69 Å². The topological polar surface area (TPSA) is 110 Å². The monoisotopic (exact) mass is 486 g/mol. The highest BCUT2D eigenvalue weighted by Crippen LogP contribution is 2.34. The summed E-state index contributed by atoms with van der Waals surface area (Å²) in [7, 11) is 3.13. The first kappa shape index (κ1) is 21.3. The third-order valence-electron chi connectivity index (χ3n) is 4.07. The number of ether oxygens (including phenoxy) is 2. The van der Waals surface area contributed by atoms with E-state index < -0.39 is 4.92 Å². The van der Waals surface area contributed by atoms with Crippen LogP contribution in [0.3, 0.4) is 0 Å². The SMILES string of the molecule is COc1ccc(-c2csc(/C(C#N)=C/Nc3ccc([N+](=O)[O-])cc3Br)n2)cc1OC. The predicted molar refractivity (Wildman–Crippen MR) is 119 cm³/mol. The third kappa shape index (κ3) is 4.59. The van der Waals surface area contributed by atoms with Crippen LogP contribution >= 0.6 is 27.3 Å². The first-order valence-electron chi connectivity index (χ1n) is 8.46. The molecule has 0 radical (unpaired) electrons. The molecule has 2 aromatic carbocycles. The van der Waals surface area contributed by atoms with Crippen LogP contribution in [-0.2, 0) is 0 Å². The number of thiazole rings is 1. The van der Waals surface area contributed by atoms with Crippen molar-refractivity contribution in [3.8, 4) is 28.8 Å². The molecule has 0 aliphatic carbocycles. The Balaban J connectivity index is 1.84. The molecule has 30 heavy (non-hydrogen) atoms. The van der Waals surface area contributed by atoms with Crippen molar-refractivity contribution >= 4 is 44.2 Å². The molecule has 0 saturated carbocycles. The molecule has 0 aliphatic rings. The van der Waals surface area contributed by atoms with Crippen molar-refractivity contribution in [2.24, 2.45) is 0 Å². The number of allylic oxidation sites excluding steroid dienone is 1. The van der Waals surface area contributed by atoms with Gasteiger partial charge in [-0.2, -0.15) is 5.26 Å². The summed E-state index contributed by atoms with van der Waals surface area (Å²) in [5, 5.41) is 25.8. The minimum Gasteiger partial charge on any atom is -0.493 e. The van der Waals surface area contributed by atoms with E-state index in [1.165, 1.54) is 29.7 Å². The highest BCUT2D eigenvalue weighted by molar-refractivity contribution is 9.10. The number of nitro groups is 1. The second kappa shape index (κ2) is 9.39. The fraction of sp³-hybridized carbons (Fsp3) is 0.100. The van der Waals surface area contributed by atoms with Gasteiger partial charge in [0, 0.05) is 33.7 Å². The van der Waals surface area contributed by atoms with Gasteiger partial charge in [-0.3, -0.25) is 10.1 Å². The van der Waals surface area contributed by atoms with Crippen LogP contribution in [0.15, 0.2) is 52.5 Å². The Morgan fingerprint density at radius 2 is 2.03 bits per heavy atom. The minimum absolute atomic E-state index is 0.0311. The Bertz CT molecular complexity index is 1170. The van der Waals surface area contributed by atoms with Gasteiger partial charge >= 0.3 is 0 Å². The summed E-state index contributed by atoms with van der Waals surface area (Å²) in [5.41, 5.74) is 2.42. The second-order valence-corrected chi connectivity index (χ2v) is 7.56. The Morgan fingerprint density at radius 3 is 2.67 bits per heavy atom. The average molecular weight is 487 g/mol. The zero-order chi connectivity index (χ0) is 21.7. The zero-order valence-electron chi connectivity index (χ0n) is 15.9. The fourth-order valence-electron chi connectivity index (χ4n) is 2.55. The number of benzene rings is 2. The van der Waals surface area contributed by atoms with Gasteiger partial charge in [0.05, 0.1) is 30.5 Å². The van der Waals surface area contributed by atoms with Crippen LogP contribution in [0.2, 0.25) is 0 Å². The molecule has 1 aromatic heterocycles. The van der Waals surface area contributed by atoms with E-state index in [9.17, 15) is 15.4 Å². The van der Waals surface area contributed by atoms with Gasteiger partial charge in [-0.25, -0.2) is 4.98 Å². The quantitative estimate of drug-likeness (QED) is 0.267. The Labute approximate surface area is 184 Å². The number of anilines is 1. The van der Waals surface area contributed by atoms with E-state index in [-0.39, 0.29) is 5.69 Å². The smallest absolute Gasteiger partial charge is 0.270 e. The van der Waals surface area contributed by atoms with Crippen LogP contribution in [0.1, 0.15) is 5.01 Å². The summed E-state index contributed by atoms with van der Waals surface area (Å²) in [5.74, 6) is 1.21. The molecule has 10 heteroatoms. The number of nitrogens with one attached hydrogen (secondary N) is 1. The number of nitrogens with zero attached hydrogens (tertiary/aromatic N) is 3. The maximum Gasteiger partial charge on any atom is 0.270 e. The lowest BCUT2D eigenvalue weighted by molar-refractivity contribution is -0.384. The molecule has 0 saturated heterocycles. The van der Waals surface area contributed by atoms with Crippen molar-refractivity contribution < 1.29 is 14.4 Å². The van der Waals surface area contributed by atoms with E-state index in [4.69, 9.17) is 9.47 Å². The molecule has 1 heterocycles. The lowest BCUT2D eigenvalue weighted by Crippen LogP contribution is -1.94. The number of nitro benzene ring substituents is 1. The molecule has 0 spiro atoms. The molecule has 8 nitrogen and oxygen atoms in total. The van der Waals surface area contributed by atoms with Crippen molar-refractivity contribution in [1.29, 1.82) is 5.26 Å². The van der Waals surface area contributed by atoms with Gasteiger partial charge in [0.1, 0.15) is 16.6 Å². The summed E-state index contributed by atoms with van der Waals surface area (Å²) < 4.78 is 11.1. The van der Waals surface area contributed by atoms with Crippen molar-refractivity contribution in [3.63, 3.8) is 0 Å². The van der Waals surface area contributed by atoms with Crippen LogP contribution in [-0.4, -0.2) is 24.1 Å². The lowest BCUT2D eigenvalue weighted by atomic mass is 10.1. The molecule has 0 unspecified atom stereocenters. The van der Waals surface area contributed by atoms with Gasteiger partial charge < -0.3 is 14.8 Å². The number of aromatic nitrogens is 1. The number of halogens is 1. The molecule has 0 bridgehead atoms. The number of methoxy groups -OCH3 is 2. The summed E-state index contributed by atoms with van der Waals surface area (Å²) in [6.07, 6.45) is 1.52. The zero-order valence-corrected chi connectivity index (χ0v) is 18.3. The van der Waals surface area contributed by atoms with Crippen LogP contribution in [0.4, 0.5) is 11.4 Å². The molecule has 3 aromatic rings. The summed E-state index contributed by atoms with van der Waals surface area (Å²) in [6.45, 7) is 0. The standard InChI is InChI=1S/C20H15BrN4O4S/c1-28-18-6-3-12(7-19(18)29-2)17-11-30-20(24-17)13(9-22)10-23-16-5-4-14(25(26)27)8-15(16)21/h3-8,10-11,23H,1-2H3/b13-10+. The van der Waals surface area contributed by atoms with E-state index in [0.29, 0.717) is 37.9 Å². The van der Waals surface area contributed by atoms with E-state index in [1.54, 1.807) is 26.4 Å². The maximum absolute atomic E-state index is 10.8. The van der Waals surface area contributed by atoms with Crippen LogP contribution < -0.4 is 14.8 Å². The molecule has 0 fully saturated rings. The van der Waals surface area contributed by atoms with Gasteiger partial charge in [0.15, 0.2) is 11.5 Å². The van der Waals surface area contributed by atoms with E-state index in [0.717, 1.165) is 5.56 Å². The molecule has 0 amide bonds. The van der Waals surface area contributed by atoms with Crippen molar-refractivity contribution in [3.05, 3.63) is 67.6 Å². The van der Waals surface area contributed by atoms with E-state index in [1.807, 2.05) is 17.5 Å². The van der Waals surface area contributed by atoms with Crippen LogP contribution in [0.5, 0.6) is 11.5 Å². The number of nitriles is 1. The predicted octanol–water partition coefficient (Wildman–Crippen LogP) is 5.47. The number of non-ortho nitro benzene ring substituents is 1. The summed E-state index contributed by atoms with van der Waals surface area (Å²) >= 11 is 4.62. The van der Waals surface area contributed by atoms with E-state index in [2.05, 4.69) is 32.3 Å². The largest absolute Gasteiger partial charge is 0.493 e. The van der Waals surface area contributed by atoms with Gasteiger partial charge in [-0.15, -0.1) is 11.3 Å². The average Bonchev–Trinajstić information content (AvgIpc) is 3.24. The second-order valence-electron chi connectivity index (χ2n) is 5.84. The third-order valence-corrected chi connectivity index (χ3v) is 5.60. The minimum atomic E-state index is -0.476. The molecule has 152 valence electrons. The summed E-state index contributed by atoms with van der Waals surface area (Å²) in [4.78, 5) is 14.9. The van der Waals surface area contributed by atoms with Crippen molar-refractivity contribution in [2.75, 3.05) is 19.5 Å². The van der Waals surface area contributed by atoms with Crippen LogP contribution in [0.25, 0.3) is 16.8 Å². The first-order valence-corrected chi connectivity index (χ1v) is 10.1. The highest BCUT2D eigenvalue weighted by atomic mass is 79.9. The van der Waals surface area contributed by atoms with Crippen LogP contribution in [0, 0.1) is 21.4 Å². The fourth-order valence-corrected chi connectivity index (χ4v) is 3.83. The number of hydrogen-bond donors (Lipinski definition) is 1. The molecule has 3 rings (SSSR count). The Hall–Kier alpha value is -3.42. The molecule has 1 N–H and O–H groups in total. The van der Waals surface area contributed by atoms with Gasteiger partial charge in [-0.1, -0.05) is 0 Å². The molecular formula is C20H15BrN4O4S. The molecule has 0 atom stereocenters. The Morgan fingerprint density at radius 1 is 1.27 bits per heavy atom. The first-order chi connectivity index (χ1) is 14.5. The maximum atomic E-state index is 10.8. The number of rotatable bonds is 7. The van der Waals surface area contributed by atoms with Gasteiger partial charge in [0.2, 0.25) is 0 Å². The molecular weight excluding hydrogens is 472 g/mol. The van der Waals surface area contributed by atoms with Gasteiger partial charge in [-0.05, 0) is 40.2 Å². The lowest BCUT2D eigenvalue weighted by Gasteiger charge is -2.08.